The SMILES string of the molecule is CCCCN(CCCC)Cn1c(O)c(N=NC(=O)COc2cc(C)c(Cl)cc2C(C)C)c2cc(Br)ccc21. The summed E-state index contributed by atoms with van der Waals surface area (Å²) in [6, 6.07) is 9.47. The number of amides is 1. The molecule has 206 valence electrons. The summed E-state index contributed by atoms with van der Waals surface area (Å²) in [6.07, 6.45) is 4.38. The van der Waals surface area contributed by atoms with Crippen molar-refractivity contribution in [1.82, 2.24) is 9.47 Å². The lowest BCUT2D eigenvalue weighted by atomic mass is 10.0. The predicted octanol–water partition coefficient (Wildman–Crippen LogP) is 8.74. The summed E-state index contributed by atoms with van der Waals surface area (Å²) < 4.78 is 8.50. The third-order valence-corrected chi connectivity index (χ3v) is 7.40. The molecule has 1 aromatic heterocycles. The van der Waals surface area contributed by atoms with Gasteiger partial charge in [0.2, 0.25) is 5.88 Å². The van der Waals surface area contributed by atoms with E-state index in [9.17, 15) is 9.90 Å². The predicted molar refractivity (Wildman–Crippen MR) is 158 cm³/mol. The zero-order valence-electron chi connectivity index (χ0n) is 22.9. The number of hydrogen-bond acceptors (Lipinski definition) is 5. The third kappa shape index (κ3) is 7.58. The molecule has 0 saturated heterocycles. The molecule has 1 N–H and O–H groups in total. The fourth-order valence-electron chi connectivity index (χ4n) is 4.27. The molecule has 0 fully saturated rings. The molecule has 0 radical (unpaired) electrons. The van der Waals surface area contributed by atoms with Crippen LogP contribution in [0.3, 0.4) is 0 Å². The van der Waals surface area contributed by atoms with E-state index in [1.807, 2.05) is 55.7 Å². The molecule has 3 aromatic rings. The Bertz CT molecular complexity index is 1280. The summed E-state index contributed by atoms with van der Waals surface area (Å²) in [6.45, 7) is 12.5. The zero-order valence-corrected chi connectivity index (χ0v) is 25.3. The molecule has 0 aliphatic rings. The van der Waals surface area contributed by atoms with Gasteiger partial charge >= 0.3 is 5.91 Å². The van der Waals surface area contributed by atoms with Gasteiger partial charge in [0.15, 0.2) is 12.3 Å². The van der Waals surface area contributed by atoms with Gasteiger partial charge in [0.1, 0.15) is 5.75 Å². The van der Waals surface area contributed by atoms with Crippen molar-refractivity contribution in [3.8, 4) is 11.6 Å². The largest absolute Gasteiger partial charge is 0.493 e. The molecule has 0 unspecified atom stereocenters. The first-order chi connectivity index (χ1) is 18.2. The van der Waals surface area contributed by atoms with E-state index < -0.39 is 5.91 Å². The number of carbonyl (C=O) groups is 1. The van der Waals surface area contributed by atoms with Crippen molar-refractivity contribution in [2.75, 3.05) is 19.7 Å². The molecule has 3 rings (SSSR count). The van der Waals surface area contributed by atoms with E-state index in [-0.39, 0.29) is 24.1 Å². The maximum Gasteiger partial charge on any atom is 0.302 e. The summed E-state index contributed by atoms with van der Waals surface area (Å²) in [5, 5.41) is 20.7. The van der Waals surface area contributed by atoms with Crippen molar-refractivity contribution >= 4 is 50.0 Å². The van der Waals surface area contributed by atoms with Crippen molar-refractivity contribution in [2.24, 2.45) is 10.2 Å². The molecule has 0 bridgehead atoms. The minimum atomic E-state index is -0.546. The van der Waals surface area contributed by atoms with E-state index in [2.05, 4.69) is 44.9 Å². The quantitative estimate of drug-likeness (QED) is 0.198. The second-order valence-electron chi connectivity index (χ2n) is 9.90. The first-order valence-electron chi connectivity index (χ1n) is 13.3. The monoisotopic (exact) mass is 604 g/mol. The van der Waals surface area contributed by atoms with Crippen molar-refractivity contribution in [3.05, 3.63) is 51.0 Å². The molecule has 7 nitrogen and oxygen atoms in total. The number of carbonyl (C=O) groups excluding carboxylic acids is 1. The average molecular weight is 606 g/mol. The van der Waals surface area contributed by atoms with E-state index in [0.717, 1.165) is 65.3 Å². The van der Waals surface area contributed by atoms with E-state index in [1.54, 1.807) is 0 Å². The third-order valence-electron chi connectivity index (χ3n) is 6.49. The van der Waals surface area contributed by atoms with Crippen LogP contribution in [0.1, 0.15) is 70.4 Å². The number of fused-ring (bicyclic) bond motifs is 1. The van der Waals surface area contributed by atoms with E-state index in [4.69, 9.17) is 16.3 Å². The first kappa shape index (κ1) is 30.1. The van der Waals surface area contributed by atoms with Crippen LogP contribution < -0.4 is 4.74 Å². The molecule has 0 saturated carbocycles. The Labute approximate surface area is 239 Å². The Morgan fingerprint density at radius 2 is 1.84 bits per heavy atom. The van der Waals surface area contributed by atoms with Crippen molar-refractivity contribution in [2.45, 2.75) is 72.9 Å². The highest BCUT2D eigenvalue weighted by Gasteiger charge is 2.20. The summed E-state index contributed by atoms with van der Waals surface area (Å²) in [5.41, 5.74) is 2.90. The van der Waals surface area contributed by atoms with E-state index in [1.165, 1.54) is 0 Å². The molecular formula is C29H38BrClN4O3. The second-order valence-corrected chi connectivity index (χ2v) is 11.2. The number of ether oxygens (including phenoxy) is 1. The summed E-state index contributed by atoms with van der Waals surface area (Å²) in [5.74, 6) is 0.225. The Balaban J connectivity index is 1.85. The highest BCUT2D eigenvalue weighted by atomic mass is 79.9. The van der Waals surface area contributed by atoms with Gasteiger partial charge in [-0.1, -0.05) is 68.1 Å². The number of rotatable bonds is 13. The van der Waals surface area contributed by atoms with Crippen LogP contribution in [0, 0.1) is 6.92 Å². The molecule has 0 aliphatic carbocycles. The van der Waals surface area contributed by atoms with Crippen LogP contribution in [-0.2, 0) is 11.5 Å². The minimum Gasteiger partial charge on any atom is -0.493 e. The van der Waals surface area contributed by atoms with Gasteiger partial charge < -0.3 is 9.84 Å². The Morgan fingerprint density at radius 1 is 1.16 bits per heavy atom. The average Bonchev–Trinajstić information content (AvgIpc) is 3.13. The van der Waals surface area contributed by atoms with Crippen molar-refractivity contribution < 1.29 is 14.6 Å². The standard InChI is InChI=1S/C29H38BrClN4O3/c1-6-8-12-34(13-9-7-2)18-35-25-11-10-21(30)15-23(25)28(29(35)37)33-32-27(36)17-38-26-14-20(5)24(31)16-22(26)19(3)4/h10-11,14-16,19,37H,6-9,12-13,17-18H2,1-5H3. The lowest BCUT2D eigenvalue weighted by Crippen LogP contribution is -2.28. The molecule has 0 atom stereocenters. The number of aromatic nitrogens is 1. The van der Waals surface area contributed by atoms with Gasteiger partial charge in [-0.3, -0.25) is 14.3 Å². The molecule has 1 heterocycles. The lowest BCUT2D eigenvalue weighted by molar-refractivity contribution is -0.120. The van der Waals surface area contributed by atoms with Gasteiger partial charge in [0.25, 0.3) is 0 Å². The van der Waals surface area contributed by atoms with Crippen molar-refractivity contribution in [3.63, 3.8) is 0 Å². The van der Waals surface area contributed by atoms with Gasteiger partial charge in [-0.05, 0) is 80.2 Å². The van der Waals surface area contributed by atoms with Crippen LogP contribution in [0.2, 0.25) is 5.02 Å². The second kappa shape index (κ2) is 14.1. The number of aryl methyl sites for hydroxylation is 1. The summed E-state index contributed by atoms with van der Waals surface area (Å²) in [4.78, 5) is 15.0. The van der Waals surface area contributed by atoms with Crippen LogP contribution in [0.5, 0.6) is 11.6 Å². The molecule has 1 amide bonds. The number of aromatic hydroxyl groups is 1. The maximum absolute atomic E-state index is 12.6. The zero-order chi connectivity index (χ0) is 27.8. The van der Waals surface area contributed by atoms with Gasteiger partial charge in [0, 0.05) is 14.9 Å². The Hall–Kier alpha value is -2.42. The van der Waals surface area contributed by atoms with E-state index >= 15 is 0 Å². The Kier molecular flexibility index (Phi) is 11.2. The van der Waals surface area contributed by atoms with Gasteiger partial charge in [-0.25, -0.2) is 0 Å². The van der Waals surface area contributed by atoms with Crippen LogP contribution in [0.25, 0.3) is 10.9 Å². The fraction of sp³-hybridized carbons (Fsp3) is 0.483. The maximum atomic E-state index is 12.6. The van der Waals surface area contributed by atoms with Crippen molar-refractivity contribution in [1.29, 1.82) is 0 Å². The van der Waals surface area contributed by atoms with Gasteiger partial charge in [-0.2, -0.15) is 0 Å². The highest BCUT2D eigenvalue weighted by molar-refractivity contribution is 9.10. The Morgan fingerprint density at radius 3 is 2.47 bits per heavy atom. The number of halogens is 2. The summed E-state index contributed by atoms with van der Waals surface area (Å²) in [7, 11) is 0. The van der Waals surface area contributed by atoms with Crippen LogP contribution in [0.15, 0.2) is 45.0 Å². The fourth-order valence-corrected chi connectivity index (χ4v) is 4.81. The molecule has 0 spiro atoms. The van der Waals surface area contributed by atoms with Crippen LogP contribution in [-0.4, -0.2) is 40.2 Å². The smallest absolute Gasteiger partial charge is 0.302 e. The molecule has 2 aromatic carbocycles. The number of benzene rings is 2. The summed E-state index contributed by atoms with van der Waals surface area (Å²) >= 11 is 9.79. The number of hydrogen-bond donors (Lipinski definition) is 1. The number of azo groups is 1. The molecular weight excluding hydrogens is 568 g/mol. The van der Waals surface area contributed by atoms with Gasteiger partial charge in [0.05, 0.1) is 12.2 Å². The molecule has 9 heteroatoms. The van der Waals surface area contributed by atoms with Gasteiger partial charge in [-0.15, -0.1) is 10.2 Å². The van der Waals surface area contributed by atoms with E-state index in [0.29, 0.717) is 17.4 Å². The number of nitrogens with zero attached hydrogens (tertiary/aromatic N) is 4. The molecule has 0 aliphatic heterocycles. The minimum absolute atomic E-state index is 0.0102. The first-order valence-corrected chi connectivity index (χ1v) is 14.4. The normalized spacial score (nSPS) is 11.9. The highest BCUT2D eigenvalue weighted by Crippen LogP contribution is 2.40. The van der Waals surface area contributed by atoms with Crippen LogP contribution >= 0.6 is 27.5 Å². The number of unbranched alkanes of at least 4 members (excludes halogenated alkanes) is 2. The molecule has 38 heavy (non-hydrogen) atoms. The lowest BCUT2D eigenvalue weighted by Gasteiger charge is -2.23. The van der Waals surface area contributed by atoms with Crippen LogP contribution in [0.4, 0.5) is 5.69 Å². The topological polar surface area (TPSA) is 79.4 Å².